The normalized spacial score (nSPS) is 17.6. The highest BCUT2D eigenvalue weighted by Crippen LogP contribution is 2.30. The van der Waals surface area contributed by atoms with E-state index in [0.717, 1.165) is 42.2 Å². The number of rotatable bonds is 2. The molecule has 1 N–H and O–H groups in total. The van der Waals surface area contributed by atoms with Crippen LogP contribution in [-0.2, 0) is 0 Å². The summed E-state index contributed by atoms with van der Waals surface area (Å²) in [6, 6.07) is 10.2. The Morgan fingerprint density at radius 1 is 1.25 bits per heavy atom. The van der Waals surface area contributed by atoms with Gasteiger partial charge >= 0.3 is 0 Å². The molecule has 1 amide bonds. The van der Waals surface area contributed by atoms with Crippen LogP contribution in [0.1, 0.15) is 42.5 Å². The van der Waals surface area contributed by atoms with Crippen LogP contribution in [0.2, 0.25) is 0 Å². The smallest absolute Gasteiger partial charge is 0.254 e. The first-order valence-corrected chi connectivity index (χ1v) is 7.82. The molecule has 0 unspecified atom stereocenters. The van der Waals surface area contributed by atoms with Gasteiger partial charge in [-0.1, -0.05) is 37.5 Å². The minimum absolute atomic E-state index is 0.120. The van der Waals surface area contributed by atoms with Crippen LogP contribution in [0.3, 0.4) is 0 Å². The van der Waals surface area contributed by atoms with Crippen molar-refractivity contribution in [2.45, 2.75) is 37.6 Å². The summed E-state index contributed by atoms with van der Waals surface area (Å²) >= 11 is 1.57. The van der Waals surface area contributed by atoms with Gasteiger partial charge in [0.1, 0.15) is 5.54 Å². The summed E-state index contributed by atoms with van der Waals surface area (Å²) < 4.78 is 1.10. The fourth-order valence-corrected chi connectivity index (χ4v) is 3.80. The third-order valence-corrected chi connectivity index (χ3v) is 4.96. The molecular weight excluding hydrogens is 268 g/mol. The van der Waals surface area contributed by atoms with E-state index in [9.17, 15) is 10.1 Å². The lowest BCUT2D eigenvalue weighted by Gasteiger charge is -2.31. The van der Waals surface area contributed by atoms with Gasteiger partial charge in [-0.05, 0) is 18.9 Å². The summed E-state index contributed by atoms with van der Waals surface area (Å²) in [4.78, 5) is 12.5. The molecule has 1 saturated carbocycles. The molecule has 3 nitrogen and oxygen atoms in total. The van der Waals surface area contributed by atoms with Crippen LogP contribution >= 0.6 is 11.3 Å². The second-order valence-corrected chi connectivity index (χ2v) is 6.27. The first-order valence-electron chi connectivity index (χ1n) is 6.94. The van der Waals surface area contributed by atoms with Crippen LogP contribution in [0.5, 0.6) is 0 Å². The number of nitriles is 1. The van der Waals surface area contributed by atoms with E-state index >= 15 is 0 Å². The van der Waals surface area contributed by atoms with E-state index in [1.807, 2.05) is 29.6 Å². The van der Waals surface area contributed by atoms with Crippen LogP contribution in [0.15, 0.2) is 29.6 Å². The first-order chi connectivity index (χ1) is 9.74. The largest absolute Gasteiger partial charge is 0.334 e. The average molecular weight is 284 g/mol. The summed E-state index contributed by atoms with van der Waals surface area (Å²) in [7, 11) is 0. The molecule has 0 spiro atoms. The Kier molecular flexibility index (Phi) is 3.45. The average Bonchev–Trinajstić information content (AvgIpc) is 2.92. The Labute approximate surface area is 122 Å². The number of carbonyl (C=O) groups excluding carboxylic acids is 1. The minimum atomic E-state index is -0.668. The number of hydrogen-bond donors (Lipinski definition) is 1. The Morgan fingerprint density at radius 3 is 2.75 bits per heavy atom. The van der Waals surface area contributed by atoms with Gasteiger partial charge in [0, 0.05) is 15.5 Å². The third-order valence-electron chi connectivity index (χ3n) is 4.00. The minimum Gasteiger partial charge on any atom is -0.334 e. The van der Waals surface area contributed by atoms with Crippen LogP contribution in [0.4, 0.5) is 0 Å². The van der Waals surface area contributed by atoms with E-state index in [-0.39, 0.29) is 5.91 Å². The van der Waals surface area contributed by atoms with Gasteiger partial charge in [0.15, 0.2) is 0 Å². The Bertz CT molecular complexity index is 677. The van der Waals surface area contributed by atoms with Crippen LogP contribution in [0.25, 0.3) is 10.1 Å². The van der Waals surface area contributed by atoms with Crippen molar-refractivity contribution < 1.29 is 4.79 Å². The number of hydrogen-bond acceptors (Lipinski definition) is 3. The molecule has 0 radical (unpaired) electrons. The molecule has 1 aromatic carbocycles. The molecule has 1 aliphatic carbocycles. The summed E-state index contributed by atoms with van der Waals surface area (Å²) in [5.41, 5.74) is 0.0176. The highest BCUT2D eigenvalue weighted by molar-refractivity contribution is 7.17. The van der Waals surface area contributed by atoms with Crippen molar-refractivity contribution in [1.82, 2.24) is 5.32 Å². The van der Waals surface area contributed by atoms with E-state index in [0.29, 0.717) is 5.56 Å². The fourth-order valence-electron chi connectivity index (χ4n) is 2.86. The van der Waals surface area contributed by atoms with Crippen molar-refractivity contribution in [3.63, 3.8) is 0 Å². The molecule has 0 atom stereocenters. The molecule has 3 rings (SSSR count). The number of nitrogens with one attached hydrogen (secondary N) is 1. The van der Waals surface area contributed by atoms with Gasteiger partial charge in [0.2, 0.25) is 0 Å². The number of benzene rings is 1. The van der Waals surface area contributed by atoms with Gasteiger partial charge in [-0.15, -0.1) is 11.3 Å². The van der Waals surface area contributed by atoms with Gasteiger partial charge in [-0.25, -0.2) is 0 Å². The van der Waals surface area contributed by atoms with Crippen molar-refractivity contribution in [2.75, 3.05) is 0 Å². The van der Waals surface area contributed by atoms with E-state index in [4.69, 9.17) is 0 Å². The maximum absolute atomic E-state index is 12.5. The van der Waals surface area contributed by atoms with Gasteiger partial charge in [-0.2, -0.15) is 5.26 Å². The molecule has 4 heteroatoms. The molecule has 20 heavy (non-hydrogen) atoms. The monoisotopic (exact) mass is 284 g/mol. The maximum Gasteiger partial charge on any atom is 0.254 e. The lowest BCUT2D eigenvalue weighted by atomic mass is 9.82. The van der Waals surface area contributed by atoms with Crippen LogP contribution in [-0.4, -0.2) is 11.4 Å². The zero-order valence-electron chi connectivity index (χ0n) is 11.2. The molecule has 0 saturated heterocycles. The third kappa shape index (κ3) is 2.30. The van der Waals surface area contributed by atoms with Gasteiger partial charge < -0.3 is 5.32 Å². The van der Waals surface area contributed by atoms with E-state index < -0.39 is 5.54 Å². The molecule has 1 heterocycles. The number of fused-ring (bicyclic) bond motifs is 1. The summed E-state index contributed by atoms with van der Waals surface area (Å²) in [5.74, 6) is -0.120. The quantitative estimate of drug-likeness (QED) is 0.910. The topological polar surface area (TPSA) is 52.9 Å². The first kappa shape index (κ1) is 13.1. The van der Waals surface area contributed by atoms with Gasteiger partial charge in [-0.3, -0.25) is 4.79 Å². The summed E-state index contributed by atoms with van der Waals surface area (Å²) in [5, 5.41) is 15.3. The van der Waals surface area contributed by atoms with Crippen molar-refractivity contribution >= 4 is 27.3 Å². The highest BCUT2D eigenvalue weighted by atomic mass is 32.1. The summed E-state index contributed by atoms with van der Waals surface area (Å²) in [6.07, 6.45) is 4.70. The van der Waals surface area contributed by atoms with E-state index in [1.165, 1.54) is 0 Å². The van der Waals surface area contributed by atoms with Crippen molar-refractivity contribution in [3.8, 4) is 6.07 Å². The Hall–Kier alpha value is -1.86. The summed E-state index contributed by atoms with van der Waals surface area (Å²) in [6.45, 7) is 0. The van der Waals surface area contributed by atoms with Crippen molar-refractivity contribution in [2.24, 2.45) is 0 Å². The van der Waals surface area contributed by atoms with Crippen molar-refractivity contribution in [3.05, 3.63) is 35.2 Å². The fraction of sp³-hybridized carbons (Fsp3) is 0.375. The molecule has 2 aromatic rings. The predicted octanol–water partition coefficient (Wildman–Crippen LogP) is 3.86. The molecule has 1 aromatic heterocycles. The number of carbonyl (C=O) groups is 1. The number of nitrogens with zero attached hydrogens (tertiary/aromatic N) is 1. The standard InChI is InChI=1S/C16H16N2OS/c17-11-16(8-4-1-5-9-16)18-15(19)13-10-20-14-7-3-2-6-12(13)14/h2-3,6-7,10H,1,4-5,8-9H2,(H,18,19). The zero-order chi connectivity index (χ0) is 14.0. The second kappa shape index (κ2) is 5.26. The molecule has 1 aliphatic rings. The lowest BCUT2D eigenvalue weighted by Crippen LogP contribution is -2.48. The maximum atomic E-state index is 12.5. The SMILES string of the molecule is N#CC1(NC(=O)c2csc3ccccc23)CCCCC1. The highest BCUT2D eigenvalue weighted by Gasteiger charge is 2.34. The van der Waals surface area contributed by atoms with E-state index in [2.05, 4.69) is 11.4 Å². The predicted molar refractivity (Wildman–Crippen MR) is 80.7 cm³/mol. The molecular formula is C16H16N2OS. The lowest BCUT2D eigenvalue weighted by molar-refractivity contribution is 0.0905. The zero-order valence-corrected chi connectivity index (χ0v) is 12.0. The molecule has 1 fully saturated rings. The second-order valence-electron chi connectivity index (χ2n) is 5.35. The Morgan fingerprint density at radius 2 is 2.00 bits per heavy atom. The number of thiophene rings is 1. The Balaban J connectivity index is 1.87. The van der Waals surface area contributed by atoms with Crippen LogP contribution < -0.4 is 5.32 Å². The van der Waals surface area contributed by atoms with E-state index in [1.54, 1.807) is 11.3 Å². The molecule has 0 bridgehead atoms. The number of amides is 1. The van der Waals surface area contributed by atoms with Gasteiger partial charge in [0.25, 0.3) is 5.91 Å². The van der Waals surface area contributed by atoms with Gasteiger partial charge in [0.05, 0.1) is 11.6 Å². The molecule has 0 aliphatic heterocycles. The molecule has 102 valence electrons. The van der Waals surface area contributed by atoms with Crippen molar-refractivity contribution in [1.29, 1.82) is 5.26 Å². The van der Waals surface area contributed by atoms with Crippen LogP contribution in [0, 0.1) is 11.3 Å².